The number of aliphatic hydroxyl groups is 1. The van der Waals surface area contributed by atoms with Crippen LogP contribution in [-0.2, 0) is 0 Å². The van der Waals surface area contributed by atoms with Gasteiger partial charge >= 0.3 is 0 Å². The van der Waals surface area contributed by atoms with E-state index in [0.29, 0.717) is 11.8 Å². The molecule has 1 heteroatoms. The Kier molecular flexibility index (Phi) is 3.03. The predicted octanol–water partition coefficient (Wildman–Crippen LogP) is 2.44. The van der Waals surface area contributed by atoms with Crippen molar-refractivity contribution in [1.82, 2.24) is 0 Å². The average Bonchev–Trinajstić information content (AvgIpc) is 2.09. The molecular weight excluding hydrogens is 160 g/mol. The van der Waals surface area contributed by atoms with Crippen molar-refractivity contribution in [2.45, 2.75) is 45.6 Å². The molecule has 0 heterocycles. The summed E-state index contributed by atoms with van der Waals surface area (Å²) in [6.07, 6.45) is 8.44. The van der Waals surface area contributed by atoms with E-state index < -0.39 is 5.60 Å². The second-order valence-electron chi connectivity index (χ2n) is 4.76. The van der Waals surface area contributed by atoms with Gasteiger partial charge in [0, 0.05) is 0 Å². The molecule has 0 aromatic carbocycles. The molecule has 1 saturated carbocycles. The molecule has 0 amide bonds. The molecular formula is C12H20O. The van der Waals surface area contributed by atoms with E-state index in [1.165, 1.54) is 6.42 Å². The van der Waals surface area contributed by atoms with Gasteiger partial charge in [-0.15, -0.1) is 6.42 Å². The molecule has 0 aromatic heterocycles. The summed E-state index contributed by atoms with van der Waals surface area (Å²) in [5.41, 5.74) is -0.840. The van der Waals surface area contributed by atoms with Crippen molar-refractivity contribution < 1.29 is 5.11 Å². The Hall–Kier alpha value is -0.480. The summed E-state index contributed by atoms with van der Waals surface area (Å²) in [5, 5.41) is 10.1. The fourth-order valence-corrected chi connectivity index (χ4v) is 2.18. The van der Waals surface area contributed by atoms with E-state index in [2.05, 4.69) is 26.7 Å². The van der Waals surface area contributed by atoms with Crippen LogP contribution in [0.2, 0.25) is 0 Å². The Labute approximate surface area is 81.5 Å². The number of terminal acetylenes is 1. The van der Waals surface area contributed by atoms with E-state index in [1.54, 1.807) is 0 Å². The predicted molar refractivity (Wildman–Crippen MR) is 55.1 cm³/mol. The molecule has 1 aliphatic rings. The van der Waals surface area contributed by atoms with Crippen molar-refractivity contribution in [3.05, 3.63) is 0 Å². The van der Waals surface area contributed by atoms with Gasteiger partial charge in [0.15, 0.2) is 0 Å². The van der Waals surface area contributed by atoms with Crippen LogP contribution < -0.4 is 0 Å². The molecule has 0 aromatic rings. The van der Waals surface area contributed by atoms with Gasteiger partial charge in [-0.05, 0) is 37.0 Å². The van der Waals surface area contributed by atoms with Gasteiger partial charge < -0.3 is 5.11 Å². The highest BCUT2D eigenvalue weighted by Gasteiger charge is 2.39. The monoisotopic (exact) mass is 180 g/mol. The highest BCUT2D eigenvalue weighted by atomic mass is 16.3. The summed E-state index contributed by atoms with van der Waals surface area (Å²) < 4.78 is 0. The van der Waals surface area contributed by atoms with Crippen molar-refractivity contribution in [3.8, 4) is 12.3 Å². The minimum absolute atomic E-state index is 0.257. The van der Waals surface area contributed by atoms with Crippen molar-refractivity contribution >= 4 is 0 Å². The number of rotatable bonds is 1. The van der Waals surface area contributed by atoms with E-state index >= 15 is 0 Å². The smallest absolute Gasteiger partial charge is 0.128 e. The standard InChI is InChI=1S/C12H20O/c1-5-12(13)8-11(9(2)3)7-6-10(12)4/h1,9-11,13H,6-8H2,2-4H3/t10-,11+,12+/m0/s1. The van der Waals surface area contributed by atoms with E-state index in [9.17, 15) is 5.11 Å². The Morgan fingerprint density at radius 2 is 2.08 bits per heavy atom. The summed E-state index contributed by atoms with van der Waals surface area (Å²) in [7, 11) is 0. The van der Waals surface area contributed by atoms with E-state index in [-0.39, 0.29) is 5.92 Å². The molecule has 0 saturated heterocycles. The molecule has 0 spiro atoms. The third kappa shape index (κ3) is 2.06. The number of hydrogen-bond donors (Lipinski definition) is 1. The molecule has 1 aliphatic carbocycles. The molecule has 0 bridgehead atoms. The minimum Gasteiger partial charge on any atom is -0.377 e. The lowest BCUT2D eigenvalue weighted by molar-refractivity contribution is -0.0180. The molecule has 1 fully saturated rings. The molecule has 3 atom stereocenters. The summed E-state index contributed by atoms with van der Waals surface area (Å²) in [4.78, 5) is 0. The molecule has 0 radical (unpaired) electrons. The fourth-order valence-electron chi connectivity index (χ4n) is 2.18. The largest absolute Gasteiger partial charge is 0.377 e. The van der Waals surface area contributed by atoms with Crippen LogP contribution in [0, 0.1) is 30.1 Å². The first-order chi connectivity index (χ1) is 5.99. The maximum atomic E-state index is 10.1. The Morgan fingerprint density at radius 1 is 1.46 bits per heavy atom. The van der Waals surface area contributed by atoms with Crippen molar-refractivity contribution in [2.75, 3.05) is 0 Å². The van der Waals surface area contributed by atoms with Crippen LogP contribution >= 0.6 is 0 Å². The Bertz CT molecular complexity index is 214. The third-order valence-electron chi connectivity index (χ3n) is 3.55. The van der Waals surface area contributed by atoms with Gasteiger partial charge in [0.25, 0.3) is 0 Å². The highest BCUT2D eigenvalue weighted by Crippen LogP contribution is 2.39. The zero-order chi connectivity index (χ0) is 10.1. The third-order valence-corrected chi connectivity index (χ3v) is 3.55. The minimum atomic E-state index is -0.840. The van der Waals surface area contributed by atoms with Crippen LogP contribution in [0.3, 0.4) is 0 Å². The lowest BCUT2D eigenvalue weighted by atomic mass is 9.69. The summed E-state index contributed by atoms with van der Waals surface area (Å²) >= 11 is 0. The maximum Gasteiger partial charge on any atom is 0.128 e. The van der Waals surface area contributed by atoms with Crippen LogP contribution in [-0.4, -0.2) is 10.7 Å². The summed E-state index contributed by atoms with van der Waals surface area (Å²) in [6.45, 7) is 6.46. The average molecular weight is 180 g/mol. The fraction of sp³-hybridized carbons (Fsp3) is 0.833. The quantitative estimate of drug-likeness (QED) is 0.614. The lowest BCUT2D eigenvalue weighted by Crippen LogP contribution is -2.42. The molecule has 0 aliphatic heterocycles. The first-order valence-electron chi connectivity index (χ1n) is 5.19. The van der Waals surface area contributed by atoms with Crippen molar-refractivity contribution in [1.29, 1.82) is 0 Å². The molecule has 1 rings (SSSR count). The van der Waals surface area contributed by atoms with Crippen LogP contribution in [0.5, 0.6) is 0 Å². The van der Waals surface area contributed by atoms with Gasteiger partial charge in [-0.25, -0.2) is 0 Å². The molecule has 74 valence electrons. The molecule has 0 unspecified atom stereocenters. The van der Waals surface area contributed by atoms with Gasteiger partial charge in [-0.2, -0.15) is 0 Å². The van der Waals surface area contributed by atoms with Gasteiger partial charge in [-0.3, -0.25) is 0 Å². The van der Waals surface area contributed by atoms with E-state index in [0.717, 1.165) is 12.8 Å². The SMILES string of the molecule is C#C[C@@]1(O)C[C@H](C(C)C)CC[C@@H]1C. The lowest BCUT2D eigenvalue weighted by Gasteiger charge is -2.39. The van der Waals surface area contributed by atoms with Crippen molar-refractivity contribution in [2.24, 2.45) is 17.8 Å². The summed E-state index contributed by atoms with van der Waals surface area (Å²) in [5.74, 6) is 4.05. The van der Waals surface area contributed by atoms with Gasteiger partial charge in [0.05, 0.1) is 0 Å². The zero-order valence-corrected chi connectivity index (χ0v) is 8.88. The van der Waals surface area contributed by atoms with Crippen molar-refractivity contribution in [3.63, 3.8) is 0 Å². The maximum absolute atomic E-state index is 10.1. The van der Waals surface area contributed by atoms with Crippen LogP contribution in [0.15, 0.2) is 0 Å². The number of hydrogen-bond acceptors (Lipinski definition) is 1. The molecule has 1 nitrogen and oxygen atoms in total. The van der Waals surface area contributed by atoms with Crippen LogP contribution in [0.25, 0.3) is 0 Å². The van der Waals surface area contributed by atoms with Crippen LogP contribution in [0.1, 0.15) is 40.0 Å². The normalized spacial score (nSPS) is 40.3. The van der Waals surface area contributed by atoms with Crippen LogP contribution in [0.4, 0.5) is 0 Å². The second kappa shape index (κ2) is 3.72. The molecule has 1 N–H and O–H groups in total. The topological polar surface area (TPSA) is 20.2 Å². The highest BCUT2D eigenvalue weighted by molar-refractivity contribution is 5.12. The van der Waals surface area contributed by atoms with Gasteiger partial charge in [0.2, 0.25) is 0 Å². The Morgan fingerprint density at radius 3 is 2.54 bits per heavy atom. The second-order valence-corrected chi connectivity index (χ2v) is 4.76. The molecule has 13 heavy (non-hydrogen) atoms. The summed E-state index contributed by atoms with van der Waals surface area (Å²) in [6, 6.07) is 0. The van der Waals surface area contributed by atoms with E-state index in [1.807, 2.05) is 0 Å². The van der Waals surface area contributed by atoms with Gasteiger partial charge in [-0.1, -0.05) is 26.7 Å². The first-order valence-corrected chi connectivity index (χ1v) is 5.19. The van der Waals surface area contributed by atoms with E-state index in [4.69, 9.17) is 6.42 Å². The van der Waals surface area contributed by atoms with Gasteiger partial charge in [0.1, 0.15) is 5.60 Å². The Balaban J connectivity index is 2.70. The zero-order valence-electron chi connectivity index (χ0n) is 8.88. The first kappa shape index (κ1) is 10.6.